The van der Waals surface area contributed by atoms with Crippen molar-refractivity contribution in [3.63, 3.8) is 0 Å². The number of carbonyl (C=O) groups is 2. The minimum absolute atomic E-state index is 0.198. The van der Waals surface area contributed by atoms with Crippen LogP contribution >= 0.6 is 0 Å². The van der Waals surface area contributed by atoms with Crippen LogP contribution in [0.4, 0.5) is 5.69 Å². The van der Waals surface area contributed by atoms with E-state index in [9.17, 15) is 19.7 Å². The number of nitrogens with zero attached hydrogens (tertiary/aromatic N) is 1. The Balaban J connectivity index is 3.12. The van der Waals surface area contributed by atoms with E-state index in [0.717, 1.165) is 13.0 Å². The molecule has 0 aliphatic rings. The lowest BCUT2D eigenvalue weighted by Crippen LogP contribution is -2.06. The predicted octanol–water partition coefficient (Wildman–Crippen LogP) is 1.15. The summed E-state index contributed by atoms with van der Waals surface area (Å²) in [5, 5.41) is 19.3. The molecule has 1 aromatic rings. The first-order valence-corrected chi connectivity index (χ1v) is 4.57. The number of hydrogen-bond donors (Lipinski definition) is 1. The summed E-state index contributed by atoms with van der Waals surface area (Å²) in [6, 6.07) is 3.64. The number of nitro groups is 1. The first-order valence-electron chi connectivity index (χ1n) is 4.57. The molecule has 0 amide bonds. The van der Waals surface area contributed by atoms with Crippen LogP contribution in [0.2, 0.25) is 0 Å². The molecule has 0 saturated carbocycles. The molecule has 0 unspecified atom stereocenters. The topological polar surface area (TPSA) is 107 Å². The summed E-state index contributed by atoms with van der Waals surface area (Å²) in [7, 11) is 0. The van der Waals surface area contributed by atoms with Crippen molar-refractivity contribution in [1.82, 2.24) is 0 Å². The van der Waals surface area contributed by atoms with E-state index in [1.54, 1.807) is 0 Å². The molecular formula is C10H9NO6. The summed E-state index contributed by atoms with van der Waals surface area (Å²) in [6.07, 6.45) is -0.332. The zero-order valence-corrected chi connectivity index (χ0v) is 8.87. The van der Waals surface area contributed by atoms with Gasteiger partial charge in [-0.15, -0.1) is 0 Å². The van der Waals surface area contributed by atoms with Gasteiger partial charge in [0.15, 0.2) is 0 Å². The third-order valence-electron chi connectivity index (χ3n) is 1.83. The Hall–Kier alpha value is -2.44. The molecule has 0 aromatic heterocycles. The van der Waals surface area contributed by atoms with Gasteiger partial charge in [-0.05, 0) is 11.6 Å². The van der Waals surface area contributed by atoms with Gasteiger partial charge in [0.05, 0.1) is 11.3 Å². The monoisotopic (exact) mass is 239 g/mol. The maximum absolute atomic E-state index is 10.7. The van der Waals surface area contributed by atoms with Gasteiger partial charge < -0.3 is 9.84 Å². The summed E-state index contributed by atoms with van der Waals surface area (Å²) < 4.78 is 4.64. The highest BCUT2D eigenvalue weighted by Gasteiger charge is 2.18. The van der Waals surface area contributed by atoms with E-state index in [2.05, 4.69) is 4.74 Å². The summed E-state index contributed by atoms with van der Waals surface area (Å²) in [6.45, 7) is 1.12. The number of carbonyl (C=O) groups excluding carboxylic acids is 1. The Morgan fingerprint density at radius 1 is 1.47 bits per heavy atom. The van der Waals surface area contributed by atoms with E-state index in [0.29, 0.717) is 0 Å². The van der Waals surface area contributed by atoms with Crippen molar-refractivity contribution in [3.8, 4) is 5.75 Å². The molecule has 1 aromatic carbocycles. The molecule has 0 heterocycles. The van der Waals surface area contributed by atoms with E-state index < -0.39 is 22.5 Å². The number of carboxylic acid groups (broad SMARTS) is 1. The van der Waals surface area contributed by atoms with Gasteiger partial charge in [-0.3, -0.25) is 19.7 Å². The minimum Gasteiger partial charge on any atom is -0.481 e. The van der Waals surface area contributed by atoms with E-state index in [4.69, 9.17) is 5.11 Å². The van der Waals surface area contributed by atoms with Crippen LogP contribution in [0.3, 0.4) is 0 Å². The van der Waals surface area contributed by atoms with Gasteiger partial charge in [0.2, 0.25) is 5.75 Å². The number of rotatable bonds is 4. The highest BCUT2D eigenvalue weighted by molar-refractivity contribution is 5.73. The van der Waals surface area contributed by atoms with Gasteiger partial charge in [-0.1, -0.05) is 6.07 Å². The molecule has 7 heteroatoms. The highest BCUT2D eigenvalue weighted by atomic mass is 16.6. The van der Waals surface area contributed by atoms with Crippen LogP contribution in [0.25, 0.3) is 0 Å². The zero-order valence-electron chi connectivity index (χ0n) is 8.87. The van der Waals surface area contributed by atoms with Crippen LogP contribution < -0.4 is 4.74 Å². The second-order valence-electron chi connectivity index (χ2n) is 3.22. The van der Waals surface area contributed by atoms with Gasteiger partial charge >= 0.3 is 17.6 Å². The summed E-state index contributed by atoms with van der Waals surface area (Å²) in [5.74, 6) is -1.98. The lowest BCUT2D eigenvalue weighted by molar-refractivity contribution is -0.385. The van der Waals surface area contributed by atoms with E-state index in [1.165, 1.54) is 12.1 Å². The standard InChI is InChI=1S/C10H9NO6/c1-6(12)17-9-3-2-7(5-10(13)14)4-8(9)11(15)16/h2-4H,5H2,1H3,(H,13,14). The molecule has 0 aliphatic heterocycles. The first kappa shape index (κ1) is 12.6. The second kappa shape index (κ2) is 5.06. The molecule has 1 N–H and O–H groups in total. The summed E-state index contributed by atoms with van der Waals surface area (Å²) >= 11 is 0. The first-order chi connectivity index (χ1) is 7.90. The molecule has 0 fully saturated rings. The fourth-order valence-electron chi connectivity index (χ4n) is 1.23. The Labute approximate surface area is 95.8 Å². The molecule has 0 spiro atoms. The Kier molecular flexibility index (Phi) is 3.76. The maximum Gasteiger partial charge on any atom is 0.311 e. The normalized spacial score (nSPS) is 9.71. The predicted molar refractivity (Wildman–Crippen MR) is 55.7 cm³/mol. The smallest absolute Gasteiger partial charge is 0.311 e. The third kappa shape index (κ3) is 3.56. The minimum atomic E-state index is -1.10. The van der Waals surface area contributed by atoms with Gasteiger partial charge in [0, 0.05) is 13.0 Å². The maximum atomic E-state index is 10.7. The number of hydrogen-bond acceptors (Lipinski definition) is 5. The molecule has 7 nitrogen and oxygen atoms in total. The van der Waals surface area contributed by atoms with Crippen LogP contribution in [0, 0.1) is 10.1 Å². The molecular weight excluding hydrogens is 230 g/mol. The van der Waals surface area contributed by atoms with Crippen LogP contribution in [0.1, 0.15) is 12.5 Å². The average Bonchev–Trinajstić information content (AvgIpc) is 2.18. The number of ether oxygens (including phenoxy) is 1. The SMILES string of the molecule is CC(=O)Oc1ccc(CC(=O)O)cc1[N+](=O)[O-]. The number of benzene rings is 1. The molecule has 0 aliphatic carbocycles. The second-order valence-corrected chi connectivity index (χ2v) is 3.22. The van der Waals surface area contributed by atoms with Crippen LogP contribution in [0.15, 0.2) is 18.2 Å². The molecule has 0 saturated heterocycles. The number of carboxylic acids is 1. The quantitative estimate of drug-likeness (QED) is 0.365. The molecule has 90 valence electrons. The van der Waals surface area contributed by atoms with Gasteiger partial charge in [0.25, 0.3) is 0 Å². The molecule has 1 rings (SSSR count). The Morgan fingerprint density at radius 2 is 2.12 bits per heavy atom. The van der Waals surface area contributed by atoms with Gasteiger partial charge in [0.1, 0.15) is 0 Å². The Morgan fingerprint density at radius 3 is 2.59 bits per heavy atom. The van der Waals surface area contributed by atoms with Crippen molar-refractivity contribution in [3.05, 3.63) is 33.9 Å². The van der Waals surface area contributed by atoms with E-state index in [-0.39, 0.29) is 17.7 Å². The van der Waals surface area contributed by atoms with Gasteiger partial charge in [-0.2, -0.15) is 0 Å². The van der Waals surface area contributed by atoms with Gasteiger partial charge in [-0.25, -0.2) is 0 Å². The molecule has 0 bridgehead atoms. The van der Waals surface area contributed by atoms with Crippen molar-refractivity contribution >= 4 is 17.6 Å². The third-order valence-corrected chi connectivity index (χ3v) is 1.83. The van der Waals surface area contributed by atoms with Crippen LogP contribution in [-0.4, -0.2) is 22.0 Å². The summed E-state index contributed by atoms with van der Waals surface area (Å²) in [5.41, 5.74) is -0.168. The molecule has 0 radical (unpaired) electrons. The Bertz CT molecular complexity index is 482. The summed E-state index contributed by atoms with van der Waals surface area (Å²) in [4.78, 5) is 31.1. The van der Waals surface area contributed by atoms with Crippen molar-refractivity contribution in [1.29, 1.82) is 0 Å². The largest absolute Gasteiger partial charge is 0.481 e. The molecule has 17 heavy (non-hydrogen) atoms. The van der Waals surface area contributed by atoms with Crippen LogP contribution in [0.5, 0.6) is 5.75 Å². The van der Waals surface area contributed by atoms with Crippen molar-refractivity contribution in [2.75, 3.05) is 0 Å². The highest BCUT2D eigenvalue weighted by Crippen LogP contribution is 2.28. The van der Waals surface area contributed by atoms with Crippen molar-refractivity contribution in [2.24, 2.45) is 0 Å². The van der Waals surface area contributed by atoms with Crippen molar-refractivity contribution in [2.45, 2.75) is 13.3 Å². The van der Waals surface area contributed by atoms with Crippen LogP contribution in [-0.2, 0) is 16.0 Å². The number of nitro benzene ring substituents is 1. The zero-order chi connectivity index (χ0) is 13.0. The number of esters is 1. The lowest BCUT2D eigenvalue weighted by Gasteiger charge is -2.04. The van der Waals surface area contributed by atoms with E-state index >= 15 is 0 Å². The number of aliphatic carboxylic acids is 1. The lowest BCUT2D eigenvalue weighted by atomic mass is 10.1. The average molecular weight is 239 g/mol. The molecule has 0 atom stereocenters. The fourth-order valence-corrected chi connectivity index (χ4v) is 1.23. The fraction of sp³-hybridized carbons (Fsp3) is 0.200. The van der Waals surface area contributed by atoms with E-state index in [1.807, 2.05) is 0 Å². The van der Waals surface area contributed by atoms with Crippen molar-refractivity contribution < 1.29 is 24.4 Å².